The van der Waals surface area contributed by atoms with E-state index in [0.717, 1.165) is 24.1 Å². The third kappa shape index (κ3) is 5.27. The van der Waals surface area contributed by atoms with Crippen molar-refractivity contribution >= 4 is 40.8 Å². The van der Waals surface area contributed by atoms with Gasteiger partial charge in [-0.1, -0.05) is 17.7 Å². The van der Waals surface area contributed by atoms with Gasteiger partial charge in [-0.15, -0.1) is 0 Å². The van der Waals surface area contributed by atoms with E-state index >= 15 is 0 Å². The maximum Gasteiger partial charge on any atom is 0.338 e. The van der Waals surface area contributed by atoms with Gasteiger partial charge in [-0.05, 0) is 24.3 Å². The van der Waals surface area contributed by atoms with Crippen molar-refractivity contribution in [3.63, 3.8) is 0 Å². The van der Waals surface area contributed by atoms with Crippen LogP contribution in [-0.4, -0.2) is 48.3 Å². The first-order chi connectivity index (χ1) is 13.2. The van der Waals surface area contributed by atoms with Crippen molar-refractivity contribution in [1.29, 1.82) is 0 Å². The lowest BCUT2D eigenvalue weighted by atomic mass is 10.1. The van der Waals surface area contributed by atoms with E-state index in [-0.39, 0.29) is 17.7 Å². The molecule has 0 spiro atoms. The molecule has 0 saturated heterocycles. The van der Waals surface area contributed by atoms with Crippen LogP contribution in [0.2, 0.25) is 5.02 Å². The number of hydrogen-bond donors (Lipinski definition) is 1. The van der Waals surface area contributed by atoms with E-state index in [0.29, 0.717) is 10.7 Å². The standard InChI is InChI=1S/C18H16ClN3O6/c1-21(10-16(23)20-14-5-3-4-13(19)9-14)17(24)11-6-12(18(25)28-2)8-15(7-11)22(26)27/h3-9H,10H2,1-2H3,(H,20,23). The second kappa shape index (κ2) is 8.96. The van der Waals surface area contributed by atoms with Gasteiger partial charge in [0.05, 0.1) is 24.1 Å². The molecular weight excluding hydrogens is 390 g/mol. The molecule has 0 bridgehead atoms. The molecule has 2 aromatic rings. The van der Waals surface area contributed by atoms with Gasteiger partial charge in [0.2, 0.25) is 5.91 Å². The molecule has 2 rings (SSSR count). The second-order valence-electron chi connectivity index (χ2n) is 5.74. The summed E-state index contributed by atoms with van der Waals surface area (Å²) >= 11 is 5.85. The average Bonchev–Trinajstić information content (AvgIpc) is 2.66. The number of anilines is 1. The largest absolute Gasteiger partial charge is 0.465 e. The highest BCUT2D eigenvalue weighted by Gasteiger charge is 2.21. The number of nitrogens with one attached hydrogen (secondary N) is 1. The van der Waals surface area contributed by atoms with E-state index in [1.165, 1.54) is 13.1 Å². The number of carbonyl (C=O) groups is 3. The molecule has 2 aromatic carbocycles. The zero-order valence-electron chi connectivity index (χ0n) is 15.0. The van der Waals surface area contributed by atoms with E-state index in [1.807, 2.05) is 0 Å². The van der Waals surface area contributed by atoms with E-state index < -0.39 is 28.4 Å². The number of likely N-dealkylation sites (N-methyl/N-ethyl adjacent to an activating group) is 1. The number of carbonyl (C=O) groups excluding carboxylic acids is 3. The van der Waals surface area contributed by atoms with Gasteiger partial charge in [0, 0.05) is 35.5 Å². The predicted molar refractivity (Wildman–Crippen MR) is 101 cm³/mol. The number of hydrogen-bond acceptors (Lipinski definition) is 6. The summed E-state index contributed by atoms with van der Waals surface area (Å²) in [6.07, 6.45) is 0. The van der Waals surface area contributed by atoms with Gasteiger partial charge < -0.3 is 15.0 Å². The average molecular weight is 406 g/mol. The number of nitro benzene ring substituents is 1. The van der Waals surface area contributed by atoms with E-state index in [2.05, 4.69) is 10.1 Å². The van der Waals surface area contributed by atoms with Gasteiger partial charge in [-0.2, -0.15) is 0 Å². The molecule has 0 atom stereocenters. The Hall–Kier alpha value is -3.46. The summed E-state index contributed by atoms with van der Waals surface area (Å²) in [4.78, 5) is 47.8. The van der Waals surface area contributed by atoms with Crippen molar-refractivity contribution in [2.24, 2.45) is 0 Å². The van der Waals surface area contributed by atoms with Crippen LogP contribution in [-0.2, 0) is 9.53 Å². The van der Waals surface area contributed by atoms with Gasteiger partial charge in [-0.3, -0.25) is 19.7 Å². The number of nitrogens with zero attached hydrogens (tertiary/aromatic N) is 2. The van der Waals surface area contributed by atoms with Crippen LogP contribution in [0.4, 0.5) is 11.4 Å². The molecule has 0 fully saturated rings. The molecule has 10 heteroatoms. The summed E-state index contributed by atoms with van der Waals surface area (Å²) in [7, 11) is 2.48. The Morgan fingerprint density at radius 3 is 2.46 bits per heavy atom. The smallest absolute Gasteiger partial charge is 0.338 e. The summed E-state index contributed by atoms with van der Waals surface area (Å²) in [5, 5.41) is 14.1. The molecule has 28 heavy (non-hydrogen) atoms. The SMILES string of the molecule is COC(=O)c1cc(C(=O)N(C)CC(=O)Nc2cccc(Cl)c2)cc([N+](=O)[O-])c1. The van der Waals surface area contributed by atoms with Crippen molar-refractivity contribution in [2.75, 3.05) is 26.0 Å². The minimum Gasteiger partial charge on any atom is -0.465 e. The third-order valence-electron chi connectivity index (χ3n) is 3.63. The number of rotatable bonds is 6. The van der Waals surface area contributed by atoms with Gasteiger partial charge in [0.25, 0.3) is 11.6 Å². The normalized spacial score (nSPS) is 10.1. The zero-order valence-corrected chi connectivity index (χ0v) is 15.7. The molecule has 0 aliphatic carbocycles. The summed E-state index contributed by atoms with van der Waals surface area (Å²) < 4.78 is 4.55. The predicted octanol–water partition coefficient (Wildman–Crippen LogP) is 2.75. The molecule has 0 heterocycles. The first-order valence-corrected chi connectivity index (χ1v) is 8.27. The molecule has 146 valence electrons. The quantitative estimate of drug-likeness (QED) is 0.448. The number of methoxy groups -OCH3 is 1. The Kier molecular flexibility index (Phi) is 6.67. The van der Waals surface area contributed by atoms with Crippen LogP contribution >= 0.6 is 11.6 Å². The summed E-state index contributed by atoms with van der Waals surface area (Å²) in [5.41, 5.74) is -0.241. The maximum atomic E-state index is 12.6. The lowest BCUT2D eigenvalue weighted by Crippen LogP contribution is -2.35. The number of non-ortho nitro benzene ring substituents is 1. The highest BCUT2D eigenvalue weighted by atomic mass is 35.5. The number of halogens is 1. The van der Waals surface area contributed by atoms with Crippen LogP contribution in [0.1, 0.15) is 20.7 Å². The minimum absolute atomic E-state index is 0.118. The Morgan fingerprint density at radius 2 is 1.86 bits per heavy atom. The van der Waals surface area contributed by atoms with Gasteiger partial charge >= 0.3 is 5.97 Å². The molecular formula is C18H16ClN3O6. The second-order valence-corrected chi connectivity index (χ2v) is 6.17. The summed E-state index contributed by atoms with van der Waals surface area (Å²) in [5.74, 6) is -1.98. The molecule has 0 saturated carbocycles. The number of ether oxygens (including phenoxy) is 1. The van der Waals surface area contributed by atoms with Crippen molar-refractivity contribution in [3.8, 4) is 0 Å². The Balaban J connectivity index is 2.17. The third-order valence-corrected chi connectivity index (χ3v) is 3.87. The number of benzene rings is 2. The Morgan fingerprint density at radius 1 is 1.18 bits per heavy atom. The van der Waals surface area contributed by atoms with Crippen LogP contribution in [0.25, 0.3) is 0 Å². The molecule has 0 unspecified atom stereocenters. The Bertz CT molecular complexity index is 947. The van der Waals surface area contributed by atoms with Gasteiger partial charge in [0.15, 0.2) is 0 Å². The van der Waals surface area contributed by atoms with Crippen LogP contribution in [0.5, 0.6) is 0 Å². The maximum absolute atomic E-state index is 12.6. The first-order valence-electron chi connectivity index (χ1n) is 7.90. The van der Waals surface area contributed by atoms with E-state index in [1.54, 1.807) is 24.3 Å². The molecule has 1 N–H and O–H groups in total. The monoisotopic (exact) mass is 405 g/mol. The van der Waals surface area contributed by atoms with Gasteiger partial charge in [0.1, 0.15) is 0 Å². The molecule has 9 nitrogen and oxygen atoms in total. The highest BCUT2D eigenvalue weighted by molar-refractivity contribution is 6.30. The van der Waals surface area contributed by atoms with Crippen LogP contribution in [0, 0.1) is 10.1 Å². The molecule has 0 aliphatic heterocycles. The van der Waals surface area contributed by atoms with Gasteiger partial charge in [-0.25, -0.2) is 4.79 Å². The van der Waals surface area contributed by atoms with Crippen LogP contribution in [0.3, 0.4) is 0 Å². The van der Waals surface area contributed by atoms with Crippen molar-refractivity contribution in [3.05, 3.63) is 68.7 Å². The number of esters is 1. The fourth-order valence-corrected chi connectivity index (χ4v) is 2.54. The topological polar surface area (TPSA) is 119 Å². The van der Waals surface area contributed by atoms with Crippen LogP contribution in [0.15, 0.2) is 42.5 Å². The summed E-state index contributed by atoms with van der Waals surface area (Å²) in [6, 6.07) is 9.69. The van der Waals surface area contributed by atoms with E-state index in [9.17, 15) is 24.5 Å². The highest BCUT2D eigenvalue weighted by Crippen LogP contribution is 2.19. The number of amides is 2. The minimum atomic E-state index is -0.820. The lowest BCUT2D eigenvalue weighted by Gasteiger charge is -2.17. The Labute approximate surface area is 165 Å². The fourth-order valence-electron chi connectivity index (χ4n) is 2.35. The summed E-state index contributed by atoms with van der Waals surface area (Å²) in [6.45, 7) is -0.318. The molecule has 0 aromatic heterocycles. The number of nitro groups is 1. The van der Waals surface area contributed by atoms with Crippen molar-refractivity contribution in [2.45, 2.75) is 0 Å². The van der Waals surface area contributed by atoms with Crippen molar-refractivity contribution < 1.29 is 24.0 Å². The first kappa shape index (κ1) is 20.8. The van der Waals surface area contributed by atoms with Crippen molar-refractivity contribution in [1.82, 2.24) is 4.90 Å². The molecule has 2 amide bonds. The lowest BCUT2D eigenvalue weighted by molar-refractivity contribution is -0.384. The molecule has 0 radical (unpaired) electrons. The zero-order chi connectivity index (χ0) is 20.8. The van der Waals surface area contributed by atoms with E-state index in [4.69, 9.17) is 11.6 Å². The fraction of sp³-hybridized carbons (Fsp3) is 0.167. The van der Waals surface area contributed by atoms with Crippen LogP contribution < -0.4 is 5.32 Å². The molecule has 0 aliphatic rings.